The van der Waals surface area contributed by atoms with E-state index in [0.717, 1.165) is 12.8 Å². The lowest BCUT2D eigenvalue weighted by Gasteiger charge is -2.17. The summed E-state index contributed by atoms with van der Waals surface area (Å²) in [7, 11) is 0. The number of hydrogen-bond donors (Lipinski definition) is 1. The fourth-order valence-corrected chi connectivity index (χ4v) is 1.77. The van der Waals surface area contributed by atoms with Crippen molar-refractivity contribution in [1.82, 2.24) is 0 Å². The highest BCUT2D eigenvalue weighted by Gasteiger charge is 2.09. The molecule has 1 heteroatoms. The fourth-order valence-electron chi connectivity index (χ4n) is 1.77. The molecule has 0 saturated carbocycles. The highest BCUT2D eigenvalue weighted by molar-refractivity contribution is 5.14. The van der Waals surface area contributed by atoms with Gasteiger partial charge < -0.3 is 5.73 Å². The smallest absolute Gasteiger partial charge is 0.00645 e. The van der Waals surface area contributed by atoms with Gasteiger partial charge in [-0.1, -0.05) is 50.6 Å². The van der Waals surface area contributed by atoms with Crippen molar-refractivity contribution >= 4 is 0 Å². The molecule has 0 fully saturated rings. The standard InChI is InChI=1S/C14H23N/c1-3-12(2)14(15)11-7-10-13-8-5-4-6-9-13/h4-6,8-9,12,14H,3,7,10-11,15H2,1-2H3. The Balaban J connectivity index is 2.22. The molecule has 2 atom stereocenters. The normalized spacial score (nSPS) is 14.9. The van der Waals surface area contributed by atoms with Crippen molar-refractivity contribution in [2.75, 3.05) is 0 Å². The van der Waals surface area contributed by atoms with E-state index in [2.05, 4.69) is 44.2 Å². The summed E-state index contributed by atoms with van der Waals surface area (Å²) in [6.45, 7) is 4.45. The average molecular weight is 205 g/mol. The minimum atomic E-state index is 0.374. The van der Waals surface area contributed by atoms with E-state index < -0.39 is 0 Å². The van der Waals surface area contributed by atoms with E-state index in [-0.39, 0.29) is 0 Å². The Kier molecular flexibility index (Phi) is 5.41. The van der Waals surface area contributed by atoms with Gasteiger partial charge in [-0.3, -0.25) is 0 Å². The summed E-state index contributed by atoms with van der Waals surface area (Å²) in [6.07, 6.45) is 4.69. The van der Waals surface area contributed by atoms with Gasteiger partial charge in [0.15, 0.2) is 0 Å². The molecule has 0 spiro atoms. The molecule has 0 heterocycles. The summed E-state index contributed by atoms with van der Waals surface area (Å²) >= 11 is 0. The molecule has 0 aliphatic rings. The number of benzene rings is 1. The number of rotatable bonds is 6. The van der Waals surface area contributed by atoms with Crippen LogP contribution in [-0.4, -0.2) is 6.04 Å². The van der Waals surface area contributed by atoms with E-state index in [4.69, 9.17) is 5.73 Å². The molecule has 1 nitrogen and oxygen atoms in total. The van der Waals surface area contributed by atoms with E-state index in [1.165, 1.54) is 18.4 Å². The molecule has 0 aromatic heterocycles. The van der Waals surface area contributed by atoms with Gasteiger partial charge in [0, 0.05) is 6.04 Å². The first kappa shape index (κ1) is 12.3. The third kappa shape index (κ3) is 4.48. The van der Waals surface area contributed by atoms with E-state index in [1.807, 2.05) is 0 Å². The number of hydrogen-bond acceptors (Lipinski definition) is 1. The van der Waals surface area contributed by atoms with Crippen molar-refractivity contribution in [2.24, 2.45) is 11.7 Å². The van der Waals surface area contributed by atoms with Crippen LogP contribution in [0.1, 0.15) is 38.7 Å². The topological polar surface area (TPSA) is 26.0 Å². The van der Waals surface area contributed by atoms with Crippen LogP contribution in [0.3, 0.4) is 0 Å². The van der Waals surface area contributed by atoms with E-state index in [0.29, 0.717) is 12.0 Å². The molecule has 0 amide bonds. The first-order valence-corrected chi connectivity index (χ1v) is 6.03. The third-order valence-electron chi connectivity index (χ3n) is 3.22. The third-order valence-corrected chi connectivity index (χ3v) is 3.22. The second kappa shape index (κ2) is 6.62. The SMILES string of the molecule is CCC(C)C(N)CCCc1ccccc1. The second-order valence-corrected chi connectivity index (χ2v) is 4.43. The average Bonchev–Trinajstić information content (AvgIpc) is 2.29. The van der Waals surface area contributed by atoms with Crippen molar-refractivity contribution in [1.29, 1.82) is 0 Å². The lowest BCUT2D eigenvalue weighted by molar-refractivity contribution is 0.411. The summed E-state index contributed by atoms with van der Waals surface area (Å²) in [5.41, 5.74) is 7.52. The van der Waals surface area contributed by atoms with Crippen molar-refractivity contribution in [2.45, 2.75) is 45.6 Å². The van der Waals surface area contributed by atoms with Gasteiger partial charge >= 0.3 is 0 Å². The van der Waals surface area contributed by atoms with Gasteiger partial charge in [-0.05, 0) is 30.7 Å². The number of nitrogens with two attached hydrogens (primary N) is 1. The summed E-state index contributed by atoms with van der Waals surface area (Å²) in [5.74, 6) is 0.653. The van der Waals surface area contributed by atoms with Crippen molar-refractivity contribution in [3.63, 3.8) is 0 Å². The van der Waals surface area contributed by atoms with Gasteiger partial charge in [0.25, 0.3) is 0 Å². The Morgan fingerprint density at radius 2 is 1.87 bits per heavy atom. The molecule has 1 aromatic carbocycles. The Labute approximate surface area is 93.7 Å². The Bertz CT molecular complexity index is 255. The summed E-state index contributed by atoms with van der Waals surface area (Å²) in [5, 5.41) is 0. The van der Waals surface area contributed by atoms with Crippen LogP contribution in [0.25, 0.3) is 0 Å². The molecule has 2 N–H and O–H groups in total. The molecule has 0 aliphatic heterocycles. The maximum absolute atomic E-state index is 6.09. The molecule has 15 heavy (non-hydrogen) atoms. The molecule has 1 aromatic rings. The lowest BCUT2D eigenvalue weighted by atomic mass is 9.94. The molecule has 0 aliphatic carbocycles. The van der Waals surface area contributed by atoms with Gasteiger partial charge in [-0.25, -0.2) is 0 Å². The number of aryl methyl sites for hydroxylation is 1. The van der Waals surface area contributed by atoms with E-state index >= 15 is 0 Å². The van der Waals surface area contributed by atoms with Gasteiger partial charge in [0.1, 0.15) is 0 Å². The molecule has 0 bridgehead atoms. The quantitative estimate of drug-likeness (QED) is 0.757. The molecule has 1 rings (SSSR count). The highest BCUT2D eigenvalue weighted by atomic mass is 14.6. The van der Waals surface area contributed by atoms with Crippen LogP contribution in [-0.2, 0) is 6.42 Å². The van der Waals surface area contributed by atoms with Gasteiger partial charge in [0.2, 0.25) is 0 Å². The minimum absolute atomic E-state index is 0.374. The van der Waals surface area contributed by atoms with Crippen LogP contribution < -0.4 is 5.73 Å². The zero-order chi connectivity index (χ0) is 11.1. The Morgan fingerprint density at radius 1 is 1.20 bits per heavy atom. The van der Waals surface area contributed by atoms with Crippen LogP contribution in [0.2, 0.25) is 0 Å². The van der Waals surface area contributed by atoms with E-state index in [1.54, 1.807) is 0 Å². The van der Waals surface area contributed by atoms with Crippen LogP contribution in [0.5, 0.6) is 0 Å². The predicted molar refractivity (Wildman–Crippen MR) is 66.8 cm³/mol. The first-order chi connectivity index (χ1) is 7.24. The molecular formula is C14H23N. The van der Waals surface area contributed by atoms with Crippen LogP contribution in [0, 0.1) is 5.92 Å². The maximum atomic E-state index is 6.09. The molecule has 2 unspecified atom stereocenters. The molecule has 0 saturated heterocycles. The Morgan fingerprint density at radius 3 is 2.47 bits per heavy atom. The first-order valence-electron chi connectivity index (χ1n) is 6.03. The van der Waals surface area contributed by atoms with Gasteiger partial charge in [-0.15, -0.1) is 0 Å². The molecule has 0 radical (unpaired) electrons. The fraction of sp³-hybridized carbons (Fsp3) is 0.571. The predicted octanol–water partition coefficient (Wildman–Crippen LogP) is 3.38. The van der Waals surface area contributed by atoms with Crippen molar-refractivity contribution < 1.29 is 0 Å². The largest absolute Gasteiger partial charge is 0.327 e. The van der Waals surface area contributed by atoms with Crippen LogP contribution >= 0.6 is 0 Å². The Hall–Kier alpha value is -0.820. The van der Waals surface area contributed by atoms with E-state index in [9.17, 15) is 0 Å². The van der Waals surface area contributed by atoms with Crippen molar-refractivity contribution in [3.05, 3.63) is 35.9 Å². The summed E-state index contributed by atoms with van der Waals surface area (Å²) in [6, 6.07) is 11.0. The van der Waals surface area contributed by atoms with Gasteiger partial charge in [0.05, 0.1) is 0 Å². The zero-order valence-electron chi connectivity index (χ0n) is 9.95. The van der Waals surface area contributed by atoms with Gasteiger partial charge in [-0.2, -0.15) is 0 Å². The van der Waals surface area contributed by atoms with Crippen LogP contribution in [0.4, 0.5) is 0 Å². The summed E-state index contributed by atoms with van der Waals surface area (Å²) in [4.78, 5) is 0. The monoisotopic (exact) mass is 205 g/mol. The maximum Gasteiger partial charge on any atom is 0.00645 e. The molecule has 84 valence electrons. The van der Waals surface area contributed by atoms with Crippen LogP contribution in [0.15, 0.2) is 30.3 Å². The zero-order valence-corrected chi connectivity index (χ0v) is 9.95. The minimum Gasteiger partial charge on any atom is -0.327 e. The lowest BCUT2D eigenvalue weighted by Crippen LogP contribution is -2.27. The highest BCUT2D eigenvalue weighted by Crippen LogP contribution is 2.12. The molecular weight excluding hydrogens is 182 g/mol. The second-order valence-electron chi connectivity index (χ2n) is 4.43. The van der Waals surface area contributed by atoms with Crippen molar-refractivity contribution in [3.8, 4) is 0 Å². The summed E-state index contributed by atoms with van der Waals surface area (Å²) < 4.78 is 0.